The number of hydrogen-bond acceptors (Lipinski definition) is 7. The molecule has 0 bridgehead atoms. The summed E-state index contributed by atoms with van der Waals surface area (Å²) >= 11 is 0. The lowest BCUT2D eigenvalue weighted by atomic mass is 10.0. The second kappa shape index (κ2) is 9.93. The van der Waals surface area contributed by atoms with E-state index in [-0.39, 0.29) is 22.9 Å². The maximum atomic E-state index is 13.4. The second-order valence-corrected chi connectivity index (χ2v) is 9.36. The van der Waals surface area contributed by atoms with Gasteiger partial charge in [-0.25, -0.2) is 4.98 Å². The zero-order chi connectivity index (χ0) is 24.4. The molecule has 2 heterocycles. The molecule has 2 aromatic heterocycles. The molecule has 0 spiro atoms. The van der Waals surface area contributed by atoms with Crippen molar-refractivity contribution in [2.24, 2.45) is 0 Å². The van der Waals surface area contributed by atoms with Gasteiger partial charge in [-0.1, -0.05) is 12.8 Å². The smallest absolute Gasteiger partial charge is 0.263 e. The highest BCUT2D eigenvalue weighted by atomic mass is 16.5. The number of aromatic nitrogens is 3. The molecule has 180 valence electrons. The maximum Gasteiger partial charge on any atom is 0.263 e. The number of ether oxygens (including phenoxy) is 1. The van der Waals surface area contributed by atoms with Gasteiger partial charge >= 0.3 is 0 Å². The number of nitrogens with one attached hydrogen (secondary N) is 1. The fraction of sp³-hybridized carbons (Fsp3) is 0.462. The number of rotatable bonds is 8. The van der Waals surface area contributed by atoms with E-state index in [0.717, 1.165) is 54.6 Å². The Morgan fingerprint density at radius 3 is 2.62 bits per heavy atom. The Balaban J connectivity index is 1.69. The molecule has 34 heavy (non-hydrogen) atoms. The Morgan fingerprint density at radius 1 is 1.24 bits per heavy atom. The van der Waals surface area contributed by atoms with Crippen LogP contribution in [-0.4, -0.2) is 52.5 Å². The first-order valence-corrected chi connectivity index (χ1v) is 11.8. The number of anilines is 2. The first-order valence-electron chi connectivity index (χ1n) is 11.8. The van der Waals surface area contributed by atoms with Crippen LogP contribution in [0.25, 0.3) is 11.0 Å². The molecule has 4 rings (SSSR count). The fourth-order valence-electron chi connectivity index (χ4n) is 4.67. The molecule has 0 aliphatic heterocycles. The number of pyridine rings is 1. The molecule has 0 saturated heterocycles. The van der Waals surface area contributed by atoms with Gasteiger partial charge in [0.25, 0.3) is 5.56 Å². The van der Waals surface area contributed by atoms with Crippen molar-refractivity contribution in [3.05, 3.63) is 51.4 Å². The molecule has 1 N–H and O–H groups in total. The molecule has 1 aromatic carbocycles. The number of hydrogen-bond donors (Lipinski definition) is 1. The Kier molecular flexibility index (Phi) is 6.97. The molecule has 8 nitrogen and oxygen atoms in total. The summed E-state index contributed by atoms with van der Waals surface area (Å²) in [6.07, 6.45) is 5.68. The number of Topliss-reactive ketones (excluding diaryl/α,β-unsaturated/α-hetero) is 1. The van der Waals surface area contributed by atoms with Crippen LogP contribution in [0.1, 0.15) is 60.1 Å². The lowest BCUT2D eigenvalue weighted by Gasteiger charge is -2.19. The van der Waals surface area contributed by atoms with E-state index in [1.165, 1.54) is 6.92 Å². The average molecular weight is 464 g/mol. The summed E-state index contributed by atoms with van der Waals surface area (Å²) in [6.45, 7) is 6.71. The van der Waals surface area contributed by atoms with E-state index < -0.39 is 0 Å². The van der Waals surface area contributed by atoms with Gasteiger partial charge < -0.3 is 15.0 Å². The maximum absolute atomic E-state index is 13.4. The molecule has 0 amide bonds. The van der Waals surface area contributed by atoms with Gasteiger partial charge in [-0.2, -0.15) is 4.98 Å². The third-order valence-corrected chi connectivity index (χ3v) is 6.48. The van der Waals surface area contributed by atoms with E-state index in [1.807, 2.05) is 39.2 Å². The van der Waals surface area contributed by atoms with E-state index in [4.69, 9.17) is 9.72 Å². The van der Waals surface area contributed by atoms with Gasteiger partial charge in [0.15, 0.2) is 5.78 Å². The Morgan fingerprint density at radius 2 is 1.97 bits per heavy atom. The standard InChI is InChI=1S/C26H33N5O3/c1-16-14-19(10-11-22(16)34-13-12-30(4)5)28-26-27-15-21-17(2)23(18(3)32)25(33)31(24(21)29-26)20-8-6-7-9-20/h10-11,14-15,20H,6-9,12-13H2,1-5H3,(H,27,28,29). The predicted molar refractivity (Wildman–Crippen MR) is 135 cm³/mol. The van der Waals surface area contributed by atoms with E-state index in [0.29, 0.717) is 23.8 Å². The molecule has 0 atom stereocenters. The van der Waals surface area contributed by atoms with Crippen molar-refractivity contribution < 1.29 is 9.53 Å². The zero-order valence-electron chi connectivity index (χ0n) is 20.6. The topological polar surface area (TPSA) is 89.3 Å². The predicted octanol–water partition coefficient (Wildman–Crippen LogP) is 4.41. The molecular weight excluding hydrogens is 430 g/mol. The molecule has 8 heteroatoms. The molecule has 0 unspecified atom stereocenters. The van der Waals surface area contributed by atoms with E-state index in [1.54, 1.807) is 17.7 Å². The molecule has 0 radical (unpaired) electrons. The van der Waals surface area contributed by atoms with Crippen LogP contribution in [-0.2, 0) is 0 Å². The molecule has 3 aromatic rings. The van der Waals surface area contributed by atoms with E-state index in [2.05, 4.69) is 15.2 Å². The third-order valence-electron chi connectivity index (χ3n) is 6.48. The monoisotopic (exact) mass is 463 g/mol. The van der Waals surface area contributed by atoms with Crippen molar-refractivity contribution in [2.75, 3.05) is 32.6 Å². The molecule has 1 fully saturated rings. The minimum absolute atomic E-state index is 0.0530. The van der Waals surface area contributed by atoms with Crippen LogP contribution in [0.4, 0.5) is 11.6 Å². The first-order chi connectivity index (χ1) is 16.3. The normalized spacial score (nSPS) is 14.2. The summed E-state index contributed by atoms with van der Waals surface area (Å²) < 4.78 is 7.60. The molecular formula is C26H33N5O3. The number of fused-ring (bicyclic) bond motifs is 1. The van der Waals surface area contributed by atoms with Gasteiger partial charge in [0, 0.05) is 29.9 Å². The molecule has 1 saturated carbocycles. The first kappa shape index (κ1) is 23.9. The average Bonchev–Trinajstić information content (AvgIpc) is 3.29. The van der Waals surface area contributed by atoms with Gasteiger partial charge in [-0.15, -0.1) is 0 Å². The number of likely N-dealkylation sites (N-methyl/N-ethyl adjacent to an activating group) is 1. The number of aryl methyl sites for hydroxylation is 2. The molecule has 1 aliphatic rings. The van der Waals surface area contributed by atoms with Crippen LogP contribution in [0.15, 0.2) is 29.2 Å². The number of benzene rings is 1. The zero-order valence-corrected chi connectivity index (χ0v) is 20.6. The van der Waals surface area contributed by atoms with Crippen molar-refractivity contribution in [1.82, 2.24) is 19.4 Å². The lowest BCUT2D eigenvalue weighted by Crippen LogP contribution is -2.30. The molecule has 1 aliphatic carbocycles. The van der Waals surface area contributed by atoms with Crippen LogP contribution < -0.4 is 15.6 Å². The summed E-state index contributed by atoms with van der Waals surface area (Å²) in [7, 11) is 4.03. The van der Waals surface area contributed by atoms with Crippen molar-refractivity contribution in [3.63, 3.8) is 0 Å². The van der Waals surface area contributed by atoms with Gasteiger partial charge in [0.1, 0.15) is 18.0 Å². The quantitative estimate of drug-likeness (QED) is 0.495. The Labute approximate surface area is 200 Å². The minimum atomic E-state index is -0.246. The SMILES string of the molecule is CC(=O)c1c(C)c2cnc(Nc3ccc(OCCN(C)C)c(C)c3)nc2n(C2CCCC2)c1=O. The summed E-state index contributed by atoms with van der Waals surface area (Å²) in [6, 6.07) is 5.91. The second-order valence-electron chi connectivity index (χ2n) is 9.36. The van der Waals surface area contributed by atoms with Gasteiger partial charge in [-0.05, 0) is 77.0 Å². The van der Waals surface area contributed by atoms with Gasteiger partial charge in [0.05, 0.1) is 5.56 Å². The largest absolute Gasteiger partial charge is 0.492 e. The van der Waals surface area contributed by atoms with E-state index in [9.17, 15) is 9.59 Å². The van der Waals surface area contributed by atoms with Crippen LogP contribution >= 0.6 is 0 Å². The van der Waals surface area contributed by atoms with Crippen molar-refractivity contribution in [3.8, 4) is 5.75 Å². The van der Waals surface area contributed by atoms with Crippen LogP contribution in [0.2, 0.25) is 0 Å². The summed E-state index contributed by atoms with van der Waals surface area (Å²) in [5, 5.41) is 4.00. The van der Waals surface area contributed by atoms with Crippen LogP contribution in [0.5, 0.6) is 5.75 Å². The number of carbonyl (C=O) groups excluding carboxylic acids is 1. The van der Waals surface area contributed by atoms with Crippen molar-refractivity contribution >= 4 is 28.5 Å². The highest BCUT2D eigenvalue weighted by molar-refractivity contribution is 5.99. The highest BCUT2D eigenvalue weighted by Crippen LogP contribution is 2.32. The van der Waals surface area contributed by atoms with E-state index >= 15 is 0 Å². The number of carbonyl (C=O) groups is 1. The van der Waals surface area contributed by atoms with Crippen LogP contribution in [0.3, 0.4) is 0 Å². The fourth-order valence-corrected chi connectivity index (χ4v) is 4.67. The van der Waals surface area contributed by atoms with Gasteiger partial charge in [-0.3, -0.25) is 14.2 Å². The summed E-state index contributed by atoms with van der Waals surface area (Å²) in [5.74, 6) is 1.03. The number of ketones is 1. The minimum Gasteiger partial charge on any atom is -0.492 e. The Hall–Kier alpha value is -3.26. The van der Waals surface area contributed by atoms with Crippen molar-refractivity contribution in [2.45, 2.75) is 52.5 Å². The Bertz CT molecular complexity index is 1280. The third kappa shape index (κ3) is 4.82. The highest BCUT2D eigenvalue weighted by Gasteiger charge is 2.25. The number of nitrogens with zero attached hydrogens (tertiary/aromatic N) is 4. The lowest BCUT2D eigenvalue weighted by molar-refractivity contribution is 0.101. The van der Waals surface area contributed by atoms with Gasteiger partial charge in [0.2, 0.25) is 5.95 Å². The van der Waals surface area contributed by atoms with Crippen molar-refractivity contribution in [1.29, 1.82) is 0 Å². The van der Waals surface area contributed by atoms with Crippen LogP contribution in [0, 0.1) is 13.8 Å². The summed E-state index contributed by atoms with van der Waals surface area (Å²) in [4.78, 5) is 37.0. The summed E-state index contributed by atoms with van der Waals surface area (Å²) in [5.41, 5.74) is 3.06.